The Labute approximate surface area is 164 Å². The third kappa shape index (κ3) is 4.38. The van der Waals surface area contributed by atoms with Crippen LogP contribution in [0.4, 0.5) is 5.69 Å². The van der Waals surface area contributed by atoms with E-state index in [-0.39, 0.29) is 18.0 Å². The van der Waals surface area contributed by atoms with Gasteiger partial charge in [-0.15, -0.1) is 0 Å². The highest BCUT2D eigenvalue weighted by atomic mass is 79.9. The van der Waals surface area contributed by atoms with Crippen LogP contribution in [0, 0.1) is 10.1 Å². The number of hydrazone groups is 1. The van der Waals surface area contributed by atoms with E-state index in [2.05, 4.69) is 26.5 Å². The number of halogens is 1. The van der Waals surface area contributed by atoms with Crippen LogP contribution in [0.1, 0.15) is 18.1 Å². The van der Waals surface area contributed by atoms with Crippen molar-refractivity contribution in [3.05, 3.63) is 86.4 Å². The maximum atomic E-state index is 12.3. The lowest BCUT2D eigenvalue weighted by Crippen LogP contribution is -2.21. The Morgan fingerprint density at radius 1 is 1.11 bits per heavy atom. The highest BCUT2D eigenvalue weighted by Crippen LogP contribution is 2.27. The minimum Gasteiger partial charge on any atom is -0.273 e. The molecule has 0 aromatic heterocycles. The number of rotatable bonds is 5. The molecule has 3 aromatic rings. The van der Waals surface area contributed by atoms with E-state index in [0.29, 0.717) is 11.3 Å². The van der Waals surface area contributed by atoms with Crippen LogP contribution in [-0.4, -0.2) is 16.5 Å². The number of carbonyl (C=O) groups excluding carboxylic acids is 1. The number of hydrogen-bond acceptors (Lipinski definition) is 4. The van der Waals surface area contributed by atoms with Crippen molar-refractivity contribution in [3.8, 4) is 0 Å². The van der Waals surface area contributed by atoms with E-state index in [9.17, 15) is 14.9 Å². The maximum Gasteiger partial charge on any atom is 0.270 e. The van der Waals surface area contributed by atoms with Crippen molar-refractivity contribution in [3.63, 3.8) is 0 Å². The summed E-state index contributed by atoms with van der Waals surface area (Å²) in [5.74, 6) is -0.257. The molecular weight excluding hydrogens is 410 g/mol. The Kier molecular flexibility index (Phi) is 5.61. The molecule has 0 saturated carbocycles. The van der Waals surface area contributed by atoms with Gasteiger partial charge in [0, 0.05) is 22.2 Å². The second-order valence-corrected chi connectivity index (χ2v) is 6.82. The Bertz CT molecular complexity index is 1060. The van der Waals surface area contributed by atoms with E-state index in [0.717, 1.165) is 20.8 Å². The normalized spacial score (nSPS) is 11.4. The van der Waals surface area contributed by atoms with Crippen LogP contribution in [0.5, 0.6) is 0 Å². The van der Waals surface area contributed by atoms with Gasteiger partial charge in [-0.2, -0.15) is 5.10 Å². The number of hydrogen-bond donors (Lipinski definition) is 1. The first-order valence-corrected chi connectivity index (χ1v) is 8.99. The lowest BCUT2D eigenvalue weighted by Gasteiger charge is -2.08. The van der Waals surface area contributed by atoms with Gasteiger partial charge >= 0.3 is 0 Å². The number of non-ortho nitro benzene ring substituents is 1. The molecule has 27 heavy (non-hydrogen) atoms. The molecule has 0 spiro atoms. The molecular formula is C20H16BrN3O3. The highest BCUT2D eigenvalue weighted by molar-refractivity contribution is 9.10. The predicted octanol–water partition coefficient (Wildman–Crippen LogP) is 4.59. The zero-order valence-electron chi connectivity index (χ0n) is 14.5. The summed E-state index contributed by atoms with van der Waals surface area (Å²) in [6, 6.07) is 17.8. The lowest BCUT2D eigenvalue weighted by molar-refractivity contribution is -0.384. The summed E-state index contributed by atoms with van der Waals surface area (Å²) < 4.78 is 0.974. The maximum absolute atomic E-state index is 12.3. The fraction of sp³-hybridized carbons (Fsp3) is 0.100. The molecule has 0 atom stereocenters. The lowest BCUT2D eigenvalue weighted by atomic mass is 10.0. The molecule has 0 heterocycles. The molecule has 0 bridgehead atoms. The number of nitro groups is 1. The summed E-state index contributed by atoms with van der Waals surface area (Å²) in [5.41, 5.74) is 4.48. The monoisotopic (exact) mass is 425 g/mol. The average Bonchev–Trinajstić information content (AvgIpc) is 2.68. The second-order valence-electron chi connectivity index (χ2n) is 5.97. The van der Waals surface area contributed by atoms with E-state index in [1.807, 2.05) is 36.4 Å². The van der Waals surface area contributed by atoms with Gasteiger partial charge in [0.05, 0.1) is 17.1 Å². The molecule has 6 nitrogen and oxygen atoms in total. The molecule has 0 radical (unpaired) electrons. The molecule has 3 rings (SSSR count). The van der Waals surface area contributed by atoms with Crippen molar-refractivity contribution in [2.24, 2.45) is 5.10 Å². The minimum atomic E-state index is -0.464. The predicted molar refractivity (Wildman–Crippen MR) is 109 cm³/mol. The van der Waals surface area contributed by atoms with E-state index in [4.69, 9.17) is 0 Å². The van der Waals surface area contributed by atoms with Crippen molar-refractivity contribution in [2.75, 3.05) is 0 Å². The molecule has 136 valence electrons. The van der Waals surface area contributed by atoms with Crippen molar-refractivity contribution < 1.29 is 9.72 Å². The Balaban J connectivity index is 1.75. The number of nitro benzene ring substituents is 1. The fourth-order valence-electron chi connectivity index (χ4n) is 2.75. The molecule has 0 aliphatic heterocycles. The Hall–Kier alpha value is -3.06. The second kappa shape index (κ2) is 8.09. The van der Waals surface area contributed by atoms with Crippen LogP contribution in [0.25, 0.3) is 10.8 Å². The molecule has 0 aliphatic rings. The van der Waals surface area contributed by atoms with Crippen LogP contribution >= 0.6 is 15.9 Å². The largest absolute Gasteiger partial charge is 0.273 e. The number of carbonyl (C=O) groups is 1. The Morgan fingerprint density at radius 3 is 2.59 bits per heavy atom. The van der Waals surface area contributed by atoms with Gasteiger partial charge in [0.2, 0.25) is 5.91 Å². The zero-order chi connectivity index (χ0) is 19.4. The fourth-order valence-corrected chi connectivity index (χ4v) is 3.22. The van der Waals surface area contributed by atoms with Crippen LogP contribution in [0.3, 0.4) is 0 Å². The van der Waals surface area contributed by atoms with Gasteiger partial charge in [-0.25, -0.2) is 5.43 Å². The number of benzene rings is 3. The molecule has 0 aliphatic carbocycles. The third-order valence-electron chi connectivity index (χ3n) is 4.14. The quantitative estimate of drug-likeness (QED) is 0.368. The van der Waals surface area contributed by atoms with Crippen LogP contribution in [0.15, 0.2) is 70.2 Å². The van der Waals surface area contributed by atoms with E-state index >= 15 is 0 Å². The summed E-state index contributed by atoms with van der Waals surface area (Å²) in [7, 11) is 0. The molecule has 1 amide bonds. The molecule has 1 N–H and O–H groups in total. The number of nitrogens with one attached hydrogen (secondary N) is 1. The minimum absolute atomic E-state index is 0.0188. The van der Waals surface area contributed by atoms with Crippen LogP contribution in [-0.2, 0) is 11.2 Å². The van der Waals surface area contributed by atoms with Gasteiger partial charge in [0.25, 0.3) is 5.69 Å². The molecule has 0 fully saturated rings. The van der Waals surface area contributed by atoms with Gasteiger partial charge in [-0.3, -0.25) is 14.9 Å². The topological polar surface area (TPSA) is 84.6 Å². The highest BCUT2D eigenvalue weighted by Gasteiger charge is 2.10. The van der Waals surface area contributed by atoms with Gasteiger partial charge in [0.1, 0.15) is 0 Å². The third-order valence-corrected chi connectivity index (χ3v) is 4.83. The summed E-state index contributed by atoms with van der Waals surface area (Å²) in [6.45, 7) is 1.69. The zero-order valence-corrected chi connectivity index (χ0v) is 16.1. The first kappa shape index (κ1) is 18.7. The summed E-state index contributed by atoms with van der Waals surface area (Å²) in [6.07, 6.45) is 0.180. The average molecular weight is 426 g/mol. The van der Waals surface area contributed by atoms with Gasteiger partial charge in [0.15, 0.2) is 0 Å². The van der Waals surface area contributed by atoms with Crippen molar-refractivity contribution in [1.29, 1.82) is 0 Å². The first-order valence-electron chi connectivity index (χ1n) is 8.20. The molecule has 0 unspecified atom stereocenters. The summed E-state index contributed by atoms with van der Waals surface area (Å²) in [5, 5.41) is 17.0. The number of fused-ring (bicyclic) bond motifs is 1. The van der Waals surface area contributed by atoms with Crippen molar-refractivity contribution >= 4 is 44.0 Å². The molecule has 0 saturated heterocycles. The van der Waals surface area contributed by atoms with Crippen LogP contribution < -0.4 is 5.43 Å². The Morgan fingerprint density at radius 2 is 1.85 bits per heavy atom. The summed E-state index contributed by atoms with van der Waals surface area (Å²) in [4.78, 5) is 22.7. The number of nitrogens with zero attached hydrogens (tertiary/aromatic N) is 2. The van der Waals surface area contributed by atoms with Crippen molar-refractivity contribution in [1.82, 2.24) is 5.43 Å². The molecule has 3 aromatic carbocycles. The molecule has 7 heteroatoms. The smallest absolute Gasteiger partial charge is 0.270 e. The van der Waals surface area contributed by atoms with E-state index in [1.54, 1.807) is 19.1 Å². The van der Waals surface area contributed by atoms with Gasteiger partial charge in [-0.1, -0.05) is 58.4 Å². The number of amides is 1. The first-order chi connectivity index (χ1) is 13.0. The van der Waals surface area contributed by atoms with Gasteiger partial charge in [-0.05, 0) is 29.3 Å². The van der Waals surface area contributed by atoms with Crippen molar-refractivity contribution in [2.45, 2.75) is 13.3 Å². The van der Waals surface area contributed by atoms with Gasteiger partial charge < -0.3 is 0 Å². The van der Waals surface area contributed by atoms with E-state index < -0.39 is 4.92 Å². The summed E-state index contributed by atoms with van der Waals surface area (Å²) >= 11 is 3.52. The SMILES string of the molecule is CC(=NNC(=O)Cc1ccc(Br)c2ccccc12)c1cccc([N+](=O)[O-])c1. The standard InChI is InChI=1S/C20H16BrN3O3/c1-13(14-5-4-6-16(11-14)24(26)27)22-23-20(25)12-15-9-10-19(21)18-8-3-2-7-17(15)18/h2-11H,12H2,1H3,(H,23,25). The van der Waals surface area contributed by atoms with E-state index in [1.165, 1.54) is 12.1 Å². The van der Waals surface area contributed by atoms with Crippen LogP contribution in [0.2, 0.25) is 0 Å².